The largest absolute Gasteiger partial charge is 0.547 e. The lowest BCUT2D eigenvalue weighted by Crippen LogP contribution is -2.64. The molecule has 0 aliphatic rings. The van der Waals surface area contributed by atoms with E-state index >= 15 is 0 Å². The zero-order valence-corrected chi connectivity index (χ0v) is 9.72. The van der Waals surface area contributed by atoms with Gasteiger partial charge in [-0.3, -0.25) is 0 Å². The van der Waals surface area contributed by atoms with E-state index in [-0.39, 0.29) is 6.15 Å². The van der Waals surface area contributed by atoms with E-state index in [1.165, 1.54) is 0 Å². The monoisotopic (exact) mass is 249 g/mol. The van der Waals surface area contributed by atoms with Crippen LogP contribution < -0.4 is 11.3 Å². The van der Waals surface area contributed by atoms with Crippen LogP contribution in [-0.4, -0.2) is 39.3 Å². The van der Waals surface area contributed by atoms with Crippen molar-refractivity contribution >= 4 is 17.9 Å². The van der Waals surface area contributed by atoms with Gasteiger partial charge < -0.3 is 31.0 Å². The van der Waals surface area contributed by atoms with Crippen LogP contribution in [0.25, 0.3) is 0 Å². The van der Waals surface area contributed by atoms with Crippen LogP contribution >= 0.6 is 0 Å². The average Bonchev–Trinajstić information content (AvgIpc) is 2.16. The van der Waals surface area contributed by atoms with Gasteiger partial charge in [-0.15, -0.1) is 0 Å². The van der Waals surface area contributed by atoms with Gasteiger partial charge in [-0.1, -0.05) is 6.58 Å². The van der Waals surface area contributed by atoms with Crippen LogP contribution in [0.3, 0.4) is 0 Å². The van der Waals surface area contributed by atoms with Crippen molar-refractivity contribution in [3.63, 3.8) is 0 Å². The van der Waals surface area contributed by atoms with Crippen LogP contribution in [0.1, 0.15) is 13.8 Å². The summed E-state index contributed by atoms with van der Waals surface area (Å²) in [5.74, 6) is -4.88. The molecule has 2 atom stereocenters. The van der Waals surface area contributed by atoms with Crippen molar-refractivity contribution in [3.05, 3.63) is 12.7 Å². The van der Waals surface area contributed by atoms with Crippen LogP contribution in [0.15, 0.2) is 12.7 Å². The SMILES string of the molecule is C=CC(=O)OC(=O)C(C)(O)C(C)(O)C(=O)[O-].[NH4+]. The predicted molar refractivity (Wildman–Crippen MR) is 53.5 cm³/mol. The number of carboxylic acid groups (broad SMARTS) is 1. The summed E-state index contributed by atoms with van der Waals surface area (Å²) in [5.41, 5.74) is -5.73. The Morgan fingerprint density at radius 2 is 1.65 bits per heavy atom. The molecule has 17 heavy (non-hydrogen) atoms. The Morgan fingerprint density at radius 1 is 1.24 bits per heavy atom. The number of hydrogen-bond donors (Lipinski definition) is 3. The van der Waals surface area contributed by atoms with E-state index in [0.717, 1.165) is 0 Å². The van der Waals surface area contributed by atoms with Crippen molar-refractivity contribution in [3.8, 4) is 0 Å². The van der Waals surface area contributed by atoms with Gasteiger partial charge in [0.25, 0.3) is 0 Å². The van der Waals surface area contributed by atoms with E-state index in [1.54, 1.807) is 0 Å². The van der Waals surface area contributed by atoms with Crippen molar-refractivity contribution in [2.75, 3.05) is 0 Å². The number of carbonyl (C=O) groups excluding carboxylic acids is 3. The number of esters is 2. The van der Waals surface area contributed by atoms with E-state index in [4.69, 9.17) is 0 Å². The van der Waals surface area contributed by atoms with Gasteiger partial charge >= 0.3 is 11.9 Å². The van der Waals surface area contributed by atoms with E-state index in [9.17, 15) is 29.7 Å². The van der Waals surface area contributed by atoms with Gasteiger partial charge in [-0.05, 0) is 13.8 Å². The van der Waals surface area contributed by atoms with Gasteiger partial charge in [-0.25, -0.2) is 9.59 Å². The maximum Gasteiger partial charge on any atom is 0.349 e. The summed E-state index contributed by atoms with van der Waals surface area (Å²) in [6.45, 7) is 4.32. The second kappa shape index (κ2) is 5.53. The lowest BCUT2D eigenvalue weighted by molar-refractivity contribution is -0.333. The number of carboxylic acids is 1. The van der Waals surface area contributed by atoms with Crippen molar-refractivity contribution in [2.45, 2.75) is 25.0 Å². The normalized spacial score (nSPS) is 16.7. The molecule has 0 fully saturated rings. The van der Waals surface area contributed by atoms with Crippen molar-refractivity contribution in [1.29, 1.82) is 0 Å². The third kappa shape index (κ3) is 3.34. The minimum absolute atomic E-state index is 0. The molecule has 0 rings (SSSR count). The number of hydrogen-bond acceptors (Lipinski definition) is 7. The van der Waals surface area contributed by atoms with Gasteiger partial charge in [-0.2, -0.15) is 0 Å². The van der Waals surface area contributed by atoms with Crippen molar-refractivity contribution < 1.29 is 34.4 Å². The fraction of sp³-hybridized carbons (Fsp3) is 0.444. The molecule has 0 aromatic heterocycles. The van der Waals surface area contributed by atoms with Gasteiger partial charge in [0.15, 0.2) is 5.60 Å². The Bertz CT molecular complexity index is 345. The minimum Gasteiger partial charge on any atom is -0.547 e. The summed E-state index contributed by atoms with van der Waals surface area (Å²) >= 11 is 0. The molecular formula is C9H15NO7. The summed E-state index contributed by atoms with van der Waals surface area (Å²) in [6.07, 6.45) is 0.641. The number of rotatable bonds is 4. The first-order valence-corrected chi connectivity index (χ1v) is 4.12. The third-order valence-corrected chi connectivity index (χ3v) is 2.10. The first-order chi connectivity index (χ1) is 7.07. The highest BCUT2D eigenvalue weighted by Crippen LogP contribution is 2.23. The van der Waals surface area contributed by atoms with Crippen LogP contribution in [-0.2, 0) is 19.1 Å². The van der Waals surface area contributed by atoms with E-state index in [1.807, 2.05) is 0 Å². The molecule has 0 saturated carbocycles. The Kier molecular flexibility index (Phi) is 5.73. The first-order valence-electron chi connectivity index (χ1n) is 4.12. The number of quaternary nitrogens is 1. The molecule has 2 unspecified atom stereocenters. The van der Waals surface area contributed by atoms with Crippen molar-refractivity contribution in [2.24, 2.45) is 0 Å². The molecule has 0 spiro atoms. The first kappa shape index (κ1) is 17.6. The smallest absolute Gasteiger partial charge is 0.349 e. The standard InChI is InChI=1S/C9H12O7.H3N/c1-4-5(10)16-7(13)9(3,15)8(2,14)6(11)12;/h4,14-15H,1H2,2-3H3,(H,11,12);1H3. The Morgan fingerprint density at radius 3 is 1.94 bits per heavy atom. The lowest BCUT2D eigenvalue weighted by Gasteiger charge is -2.36. The average molecular weight is 249 g/mol. The minimum atomic E-state index is -2.90. The highest BCUT2D eigenvalue weighted by Gasteiger charge is 2.51. The maximum absolute atomic E-state index is 11.2. The van der Waals surface area contributed by atoms with Gasteiger partial charge in [0.1, 0.15) is 5.60 Å². The Labute approximate surface area is 97.1 Å². The summed E-state index contributed by atoms with van der Waals surface area (Å²) in [5, 5.41) is 29.3. The number of ether oxygens (including phenoxy) is 1. The maximum atomic E-state index is 11.2. The van der Waals surface area contributed by atoms with Crippen molar-refractivity contribution in [1.82, 2.24) is 6.15 Å². The Balaban J connectivity index is 0. The molecule has 0 saturated heterocycles. The molecule has 0 aromatic rings. The molecule has 0 bridgehead atoms. The van der Waals surface area contributed by atoms with Gasteiger partial charge in [0.05, 0.1) is 5.97 Å². The molecule has 0 radical (unpaired) electrons. The molecular weight excluding hydrogens is 234 g/mol. The second-order valence-corrected chi connectivity index (χ2v) is 3.34. The lowest BCUT2D eigenvalue weighted by atomic mass is 9.86. The predicted octanol–water partition coefficient (Wildman–Crippen LogP) is -2.13. The second-order valence-electron chi connectivity index (χ2n) is 3.34. The van der Waals surface area contributed by atoms with Crippen LogP contribution in [0.4, 0.5) is 0 Å². The molecule has 0 amide bonds. The topological polar surface area (TPSA) is 160 Å². The molecule has 6 N–H and O–H groups in total. The van der Waals surface area contributed by atoms with E-state index in [2.05, 4.69) is 11.3 Å². The zero-order chi connectivity index (χ0) is 13.1. The summed E-state index contributed by atoms with van der Waals surface area (Å²) in [7, 11) is 0. The molecule has 8 heteroatoms. The molecule has 98 valence electrons. The summed E-state index contributed by atoms with van der Waals surface area (Å²) in [6, 6.07) is 0. The van der Waals surface area contributed by atoms with Crippen LogP contribution in [0.2, 0.25) is 0 Å². The van der Waals surface area contributed by atoms with Crippen LogP contribution in [0, 0.1) is 0 Å². The van der Waals surface area contributed by atoms with Gasteiger partial charge in [0, 0.05) is 6.08 Å². The molecule has 0 aliphatic carbocycles. The molecule has 8 nitrogen and oxygen atoms in total. The highest BCUT2D eigenvalue weighted by atomic mass is 16.6. The Hall–Kier alpha value is -1.77. The number of aliphatic carboxylic acids is 1. The fourth-order valence-electron chi connectivity index (χ4n) is 0.630. The number of carbonyl (C=O) groups is 3. The fourth-order valence-corrected chi connectivity index (χ4v) is 0.630. The van der Waals surface area contributed by atoms with Gasteiger partial charge in [0.2, 0.25) is 0 Å². The highest BCUT2D eigenvalue weighted by molar-refractivity contribution is 5.98. The number of aliphatic hydroxyl groups is 2. The summed E-state index contributed by atoms with van der Waals surface area (Å²) in [4.78, 5) is 32.3. The van der Waals surface area contributed by atoms with E-state index in [0.29, 0.717) is 19.9 Å². The molecule has 0 heterocycles. The van der Waals surface area contributed by atoms with Crippen LogP contribution in [0.5, 0.6) is 0 Å². The zero-order valence-electron chi connectivity index (χ0n) is 9.72. The summed E-state index contributed by atoms with van der Waals surface area (Å²) < 4.78 is 4.00. The van der Waals surface area contributed by atoms with E-state index < -0.39 is 29.1 Å². The third-order valence-electron chi connectivity index (χ3n) is 2.10. The molecule has 0 aliphatic heterocycles. The molecule has 0 aromatic carbocycles. The quantitative estimate of drug-likeness (QED) is 0.291.